The molecule has 1 saturated carbocycles. The molecule has 20 heavy (non-hydrogen) atoms. The van der Waals surface area contributed by atoms with Gasteiger partial charge in [0.15, 0.2) is 0 Å². The highest BCUT2D eigenvalue weighted by Gasteiger charge is 2.26. The molecule has 2 rings (SSSR count). The third-order valence-electron chi connectivity index (χ3n) is 4.97. The molecular formula is C17H32N2O. The predicted octanol–water partition coefficient (Wildman–Crippen LogP) is 2.70. The Morgan fingerprint density at radius 2 is 1.85 bits per heavy atom. The van der Waals surface area contributed by atoms with Gasteiger partial charge in [0.25, 0.3) is 0 Å². The van der Waals surface area contributed by atoms with Crippen LogP contribution in [0, 0.1) is 0 Å². The van der Waals surface area contributed by atoms with Gasteiger partial charge in [0.05, 0.1) is 6.61 Å². The largest absolute Gasteiger partial charge is 0.395 e. The topological polar surface area (TPSA) is 35.5 Å². The number of nitrogens with one attached hydrogen (secondary N) is 1. The third-order valence-corrected chi connectivity index (χ3v) is 4.97. The van der Waals surface area contributed by atoms with Crippen molar-refractivity contribution in [2.75, 3.05) is 19.7 Å². The number of nitrogens with zero attached hydrogens (tertiary/aromatic N) is 1. The Hall–Kier alpha value is -0.380. The molecule has 0 radical (unpaired) electrons. The predicted molar refractivity (Wildman–Crippen MR) is 84.9 cm³/mol. The summed E-state index contributed by atoms with van der Waals surface area (Å²) in [5.41, 5.74) is 0. The van der Waals surface area contributed by atoms with Gasteiger partial charge in [-0.05, 0) is 52.1 Å². The van der Waals surface area contributed by atoms with E-state index in [4.69, 9.17) is 0 Å². The van der Waals surface area contributed by atoms with E-state index >= 15 is 0 Å². The zero-order valence-corrected chi connectivity index (χ0v) is 13.1. The lowest BCUT2D eigenvalue weighted by molar-refractivity contribution is 0.109. The molecule has 0 aromatic rings. The zero-order valence-electron chi connectivity index (χ0n) is 13.1. The monoisotopic (exact) mass is 280 g/mol. The van der Waals surface area contributed by atoms with Crippen LogP contribution >= 0.6 is 0 Å². The maximum atomic E-state index is 9.43. The van der Waals surface area contributed by atoms with Crippen molar-refractivity contribution in [3.05, 3.63) is 12.2 Å². The first-order chi connectivity index (χ1) is 9.83. The molecule has 3 nitrogen and oxygen atoms in total. The van der Waals surface area contributed by atoms with Gasteiger partial charge in [0.1, 0.15) is 0 Å². The SMILES string of the molecule is C/C=C/C[C@H](CO)NC1CCN(C2CCCCC2)CC1. The molecule has 0 amide bonds. The van der Waals surface area contributed by atoms with Gasteiger partial charge < -0.3 is 15.3 Å². The van der Waals surface area contributed by atoms with Crippen LogP contribution in [0.4, 0.5) is 0 Å². The summed E-state index contributed by atoms with van der Waals surface area (Å²) in [6.45, 7) is 4.76. The molecule has 1 atom stereocenters. The van der Waals surface area contributed by atoms with Gasteiger partial charge in [-0.25, -0.2) is 0 Å². The maximum Gasteiger partial charge on any atom is 0.0587 e. The summed E-state index contributed by atoms with van der Waals surface area (Å²) in [6, 6.07) is 1.69. The third kappa shape index (κ3) is 4.87. The highest BCUT2D eigenvalue weighted by molar-refractivity contribution is 4.88. The van der Waals surface area contributed by atoms with Crippen LogP contribution in [0.2, 0.25) is 0 Å². The molecule has 1 aliphatic heterocycles. The molecule has 0 spiro atoms. The fourth-order valence-corrected chi connectivity index (χ4v) is 3.71. The Balaban J connectivity index is 1.70. The lowest BCUT2D eigenvalue weighted by atomic mass is 9.92. The van der Waals surface area contributed by atoms with Crippen molar-refractivity contribution in [2.45, 2.75) is 76.4 Å². The zero-order chi connectivity index (χ0) is 14.2. The molecule has 2 N–H and O–H groups in total. The molecule has 1 aliphatic carbocycles. The van der Waals surface area contributed by atoms with E-state index in [0.717, 1.165) is 12.5 Å². The van der Waals surface area contributed by atoms with Crippen LogP contribution < -0.4 is 5.32 Å². The van der Waals surface area contributed by atoms with Crippen LogP contribution in [0.5, 0.6) is 0 Å². The molecule has 3 heteroatoms. The van der Waals surface area contributed by atoms with E-state index < -0.39 is 0 Å². The number of hydrogen-bond acceptors (Lipinski definition) is 3. The molecule has 1 heterocycles. The molecule has 0 bridgehead atoms. The number of aliphatic hydroxyl groups is 1. The van der Waals surface area contributed by atoms with Crippen molar-refractivity contribution in [2.24, 2.45) is 0 Å². The normalized spacial score (nSPS) is 25.3. The number of allylic oxidation sites excluding steroid dienone is 1. The number of piperidine rings is 1. The Morgan fingerprint density at radius 3 is 2.45 bits per heavy atom. The number of rotatable bonds is 6. The Morgan fingerprint density at radius 1 is 1.15 bits per heavy atom. The van der Waals surface area contributed by atoms with Crippen molar-refractivity contribution in [3.63, 3.8) is 0 Å². The smallest absolute Gasteiger partial charge is 0.0587 e. The van der Waals surface area contributed by atoms with Gasteiger partial charge in [-0.15, -0.1) is 0 Å². The van der Waals surface area contributed by atoms with Gasteiger partial charge >= 0.3 is 0 Å². The van der Waals surface area contributed by atoms with Crippen LogP contribution in [0.25, 0.3) is 0 Å². The second-order valence-electron chi connectivity index (χ2n) is 6.45. The number of hydrogen-bond donors (Lipinski definition) is 2. The first kappa shape index (κ1) is 16.0. The molecule has 1 saturated heterocycles. The van der Waals surface area contributed by atoms with Gasteiger partial charge in [0.2, 0.25) is 0 Å². The highest BCUT2D eigenvalue weighted by Crippen LogP contribution is 2.25. The lowest BCUT2D eigenvalue weighted by Crippen LogP contribution is -2.50. The minimum Gasteiger partial charge on any atom is -0.395 e. The summed E-state index contributed by atoms with van der Waals surface area (Å²) in [5.74, 6) is 0. The van der Waals surface area contributed by atoms with E-state index in [9.17, 15) is 5.11 Å². The van der Waals surface area contributed by atoms with Crippen molar-refractivity contribution in [1.82, 2.24) is 10.2 Å². The molecule has 2 aliphatic rings. The molecule has 0 aromatic heterocycles. The molecule has 0 aromatic carbocycles. The van der Waals surface area contributed by atoms with Crippen LogP contribution in [-0.2, 0) is 0 Å². The molecule has 116 valence electrons. The van der Waals surface area contributed by atoms with E-state index in [2.05, 4.69) is 22.4 Å². The molecule has 2 fully saturated rings. The van der Waals surface area contributed by atoms with Crippen molar-refractivity contribution >= 4 is 0 Å². The van der Waals surface area contributed by atoms with Gasteiger partial charge in [-0.1, -0.05) is 31.4 Å². The van der Waals surface area contributed by atoms with E-state index in [1.165, 1.54) is 58.0 Å². The fraction of sp³-hybridized carbons (Fsp3) is 0.882. The average molecular weight is 280 g/mol. The van der Waals surface area contributed by atoms with Crippen LogP contribution in [-0.4, -0.2) is 47.8 Å². The summed E-state index contributed by atoms with van der Waals surface area (Å²) >= 11 is 0. The van der Waals surface area contributed by atoms with Gasteiger partial charge in [-0.3, -0.25) is 0 Å². The number of likely N-dealkylation sites (tertiary alicyclic amines) is 1. The van der Waals surface area contributed by atoms with E-state index in [1.807, 2.05) is 6.92 Å². The van der Waals surface area contributed by atoms with Crippen LogP contribution in [0.1, 0.15) is 58.3 Å². The summed E-state index contributed by atoms with van der Waals surface area (Å²) in [7, 11) is 0. The fourth-order valence-electron chi connectivity index (χ4n) is 3.71. The average Bonchev–Trinajstić information content (AvgIpc) is 2.53. The van der Waals surface area contributed by atoms with Crippen LogP contribution in [0.15, 0.2) is 12.2 Å². The quantitative estimate of drug-likeness (QED) is 0.734. The highest BCUT2D eigenvalue weighted by atomic mass is 16.3. The van der Waals surface area contributed by atoms with Gasteiger partial charge in [-0.2, -0.15) is 0 Å². The summed E-state index contributed by atoms with van der Waals surface area (Å²) in [6.07, 6.45) is 14.8. The first-order valence-corrected chi connectivity index (χ1v) is 8.55. The second-order valence-corrected chi connectivity index (χ2v) is 6.45. The lowest BCUT2D eigenvalue weighted by Gasteiger charge is -2.40. The van der Waals surface area contributed by atoms with Crippen molar-refractivity contribution in [1.29, 1.82) is 0 Å². The standard InChI is InChI=1S/C17H32N2O/c1-2-3-7-16(14-20)18-15-10-12-19(13-11-15)17-8-5-4-6-9-17/h2-3,15-18,20H,4-14H2,1H3/b3-2+/t16-/m1/s1. The Bertz CT molecular complexity index is 279. The Kier molecular flexibility index (Phi) is 7.05. The van der Waals surface area contributed by atoms with E-state index in [-0.39, 0.29) is 12.6 Å². The first-order valence-electron chi connectivity index (χ1n) is 8.55. The maximum absolute atomic E-state index is 9.43. The van der Waals surface area contributed by atoms with Crippen molar-refractivity contribution in [3.8, 4) is 0 Å². The minimum atomic E-state index is 0.234. The summed E-state index contributed by atoms with van der Waals surface area (Å²) in [5, 5.41) is 13.1. The second kappa shape index (κ2) is 8.81. The number of aliphatic hydroxyl groups excluding tert-OH is 1. The molecule has 0 unspecified atom stereocenters. The van der Waals surface area contributed by atoms with Crippen molar-refractivity contribution < 1.29 is 5.11 Å². The van der Waals surface area contributed by atoms with Crippen LogP contribution in [0.3, 0.4) is 0 Å². The van der Waals surface area contributed by atoms with Gasteiger partial charge in [0, 0.05) is 18.1 Å². The summed E-state index contributed by atoms with van der Waals surface area (Å²) < 4.78 is 0. The molecular weight excluding hydrogens is 248 g/mol. The van der Waals surface area contributed by atoms with E-state index in [1.54, 1.807) is 0 Å². The summed E-state index contributed by atoms with van der Waals surface area (Å²) in [4.78, 5) is 2.72. The van der Waals surface area contributed by atoms with E-state index in [0.29, 0.717) is 6.04 Å². The Labute approximate surface area is 124 Å². The minimum absolute atomic E-state index is 0.234.